The Kier molecular flexibility index (Phi) is 5.22. The molecular weight excluding hydrogens is 218 g/mol. The van der Waals surface area contributed by atoms with Gasteiger partial charge in [0.2, 0.25) is 5.91 Å². The van der Waals surface area contributed by atoms with E-state index in [1.54, 1.807) is 0 Å². The molecule has 2 N–H and O–H groups in total. The molecule has 0 radical (unpaired) electrons. The van der Waals surface area contributed by atoms with Crippen LogP contribution in [0.2, 0.25) is 0 Å². The first kappa shape index (κ1) is 12.8. The first-order valence-corrected chi connectivity index (χ1v) is 6.68. The average Bonchev–Trinajstić information content (AvgIpc) is 2.88. The molecule has 0 unspecified atom stereocenters. The lowest BCUT2D eigenvalue weighted by atomic mass is 10.3. The molecule has 2 aliphatic rings. The SMILES string of the molecule is O=C(NCCCN1CCCC1)[C@H]1CNCCO1. The number of carbonyl (C=O) groups is 1. The van der Waals surface area contributed by atoms with Crippen LogP contribution in [0.1, 0.15) is 19.3 Å². The lowest BCUT2D eigenvalue weighted by molar-refractivity contribution is -0.134. The molecule has 2 saturated heterocycles. The van der Waals surface area contributed by atoms with Crippen molar-refractivity contribution in [1.29, 1.82) is 0 Å². The highest BCUT2D eigenvalue weighted by Crippen LogP contribution is 2.06. The van der Waals surface area contributed by atoms with Gasteiger partial charge in [-0.2, -0.15) is 0 Å². The fraction of sp³-hybridized carbons (Fsp3) is 0.917. The fourth-order valence-electron chi connectivity index (χ4n) is 2.37. The summed E-state index contributed by atoms with van der Waals surface area (Å²) in [6.45, 7) is 6.43. The molecule has 98 valence electrons. The molecule has 0 aromatic carbocycles. The van der Waals surface area contributed by atoms with E-state index in [4.69, 9.17) is 4.74 Å². The standard InChI is InChI=1S/C12H23N3O2/c16-12(11-10-13-5-9-17-11)14-4-3-8-15-6-1-2-7-15/h11,13H,1-10H2,(H,14,16)/t11-/m1/s1. The third-order valence-corrected chi connectivity index (χ3v) is 3.37. The van der Waals surface area contributed by atoms with Gasteiger partial charge in [0.05, 0.1) is 6.61 Å². The van der Waals surface area contributed by atoms with Crippen LogP contribution < -0.4 is 10.6 Å². The van der Waals surface area contributed by atoms with Crippen molar-refractivity contribution in [2.24, 2.45) is 0 Å². The summed E-state index contributed by atoms with van der Waals surface area (Å²) in [5.74, 6) is 0.0265. The summed E-state index contributed by atoms with van der Waals surface area (Å²) in [5, 5.41) is 6.10. The zero-order valence-corrected chi connectivity index (χ0v) is 10.4. The Morgan fingerprint density at radius 3 is 2.94 bits per heavy atom. The maximum Gasteiger partial charge on any atom is 0.250 e. The molecule has 0 aliphatic carbocycles. The van der Waals surface area contributed by atoms with E-state index < -0.39 is 0 Å². The second-order valence-electron chi connectivity index (χ2n) is 4.76. The van der Waals surface area contributed by atoms with Gasteiger partial charge < -0.3 is 20.3 Å². The Hall–Kier alpha value is -0.650. The van der Waals surface area contributed by atoms with Crippen molar-refractivity contribution >= 4 is 5.91 Å². The molecule has 5 nitrogen and oxygen atoms in total. The van der Waals surface area contributed by atoms with Crippen LogP contribution >= 0.6 is 0 Å². The number of hydrogen-bond acceptors (Lipinski definition) is 4. The zero-order valence-electron chi connectivity index (χ0n) is 10.4. The minimum Gasteiger partial charge on any atom is -0.366 e. The minimum atomic E-state index is -0.296. The van der Waals surface area contributed by atoms with Gasteiger partial charge in [-0.15, -0.1) is 0 Å². The van der Waals surface area contributed by atoms with Crippen LogP contribution in [-0.4, -0.2) is 62.8 Å². The van der Waals surface area contributed by atoms with E-state index in [0.717, 1.165) is 26.1 Å². The Balaban J connectivity index is 1.53. The number of amides is 1. The first-order chi connectivity index (χ1) is 8.36. The van der Waals surface area contributed by atoms with Crippen molar-refractivity contribution in [1.82, 2.24) is 15.5 Å². The Morgan fingerprint density at radius 1 is 1.41 bits per heavy atom. The maximum atomic E-state index is 11.7. The van der Waals surface area contributed by atoms with Gasteiger partial charge in [0.25, 0.3) is 0 Å². The molecule has 1 atom stereocenters. The van der Waals surface area contributed by atoms with E-state index >= 15 is 0 Å². The molecule has 2 aliphatic heterocycles. The van der Waals surface area contributed by atoms with Crippen molar-refractivity contribution in [2.75, 3.05) is 45.9 Å². The largest absolute Gasteiger partial charge is 0.366 e. The topological polar surface area (TPSA) is 53.6 Å². The van der Waals surface area contributed by atoms with Gasteiger partial charge in [-0.1, -0.05) is 0 Å². The van der Waals surface area contributed by atoms with Crippen LogP contribution in [0.5, 0.6) is 0 Å². The van der Waals surface area contributed by atoms with Crippen molar-refractivity contribution in [3.63, 3.8) is 0 Å². The molecule has 17 heavy (non-hydrogen) atoms. The summed E-state index contributed by atoms with van der Waals surface area (Å²) in [5.41, 5.74) is 0. The van der Waals surface area contributed by atoms with E-state index in [0.29, 0.717) is 13.2 Å². The predicted octanol–water partition coefficient (Wildman–Crippen LogP) is -0.423. The minimum absolute atomic E-state index is 0.0265. The van der Waals surface area contributed by atoms with Crippen molar-refractivity contribution in [2.45, 2.75) is 25.4 Å². The highest BCUT2D eigenvalue weighted by Gasteiger charge is 2.21. The highest BCUT2D eigenvalue weighted by atomic mass is 16.5. The molecule has 2 rings (SSSR count). The normalized spacial score (nSPS) is 26.0. The predicted molar refractivity (Wildman–Crippen MR) is 65.9 cm³/mol. The van der Waals surface area contributed by atoms with Crippen LogP contribution in [0.3, 0.4) is 0 Å². The fourth-order valence-corrected chi connectivity index (χ4v) is 2.37. The molecule has 0 aromatic heterocycles. The van der Waals surface area contributed by atoms with Crippen molar-refractivity contribution in [3.05, 3.63) is 0 Å². The molecule has 5 heteroatoms. The molecule has 0 saturated carbocycles. The summed E-state index contributed by atoms with van der Waals surface area (Å²) < 4.78 is 5.39. The van der Waals surface area contributed by atoms with Gasteiger partial charge in [0.1, 0.15) is 6.10 Å². The van der Waals surface area contributed by atoms with E-state index in [2.05, 4.69) is 15.5 Å². The maximum absolute atomic E-state index is 11.7. The third kappa shape index (κ3) is 4.26. The summed E-state index contributed by atoms with van der Waals surface area (Å²) in [7, 11) is 0. The number of hydrogen-bond donors (Lipinski definition) is 2. The highest BCUT2D eigenvalue weighted by molar-refractivity contribution is 5.81. The molecule has 0 bridgehead atoms. The Bertz CT molecular complexity index is 236. The number of rotatable bonds is 5. The zero-order chi connectivity index (χ0) is 11.9. The second-order valence-corrected chi connectivity index (χ2v) is 4.76. The van der Waals surface area contributed by atoms with E-state index in [1.807, 2.05) is 0 Å². The van der Waals surface area contributed by atoms with Crippen LogP contribution in [0.4, 0.5) is 0 Å². The summed E-state index contributed by atoms with van der Waals surface area (Å²) >= 11 is 0. The number of morpholine rings is 1. The van der Waals surface area contributed by atoms with Crippen molar-refractivity contribution < 1.29 is 9.53 Å². The number of carbonyl (C=O) groups excluding carboxylic acids is 1. The smallest absolute Gasteiger partial charge is 0.250 e. The van der Waals surface area contributed by atoms with Crippen molar-refractivity contribution in [3.8, 4) is 0 Å². The van der Waals surface area contributed by atoms with Gasteiger partial charge >= 0.3 is 0 Å². The molecule has 2 fully saturated rings. The third-order valence-electron chi connectivity index (χ3n) is 3.37. The summed E-state index contributed by atoms with van der Waals surface area (Å²) in [4.78, 5) is 14.2. The second kappa shape index (κ2) is 6.93. The first-order valence-electron chi connectivity index (χ1n) is 6.68. The van der Waals surface area contributed by atoms with E-state index in [1.165, 1.54) is 25.9 Å². The average molecular weight is 241 g/mol. The summed E-state index contributed by atoms with van der Waals surface area (Å²) in [6.07, 6.45) is 3.39. The number of likely N-dealkylation sites (tertiary alicyclic amines) is 1. The van der Waals surface area contributed by atoms with Crippen LogP contribution in [0.25, 0.3) is 0 Å². The number of nitrogens with one attached hydrogen (secondary N) is 2. The number of nitrogens with zero attached hydrogens (tertiary/aromatic N) is 1. The van der Waals surface area contributed by atoms with Crippen LogP contribution in [-0.2, 0) is 9.53 Å². The summed E-state index contributed by atoms with van der Waals surface area (Å²) in [6, 6.07) is 0. The quantitative estimate of drug-likeness (QED) is 0.642. The molecule has 1 amide bonds. The molecule has 2 heterocycles. The Morgan fingerprint density at radius 2 is 2.24 bits per heavy atom. The van der Waals surface area contributed by atoms with E-state index in [-0.39, 0.29) is 12.0 Å². The number of ether oxygens (including phenoxy) is 1. The Labute approximate surface area is 103 Å². The lowest BCUT2D eigenvalue weighted by Crippen LogP contribution is -2.48. The van der Waals surface area contributed by atoms with Crippen LogP contribution in [0.15, 0.2) is 0 Å². The van der Waals surface area contributed by atoms with Gasteiger partial charge in [-0.25, -0.2) is 0 Å². The molecule has 0 aromatic rings. The molecule has 0 spiro atoms. The lowest BCUT2D eigenvalue weighted by Gasteiger charge is -2.23. The monoisotopic (exact) mass is 241 g/mol. The van der Waals surface area contributed by atoms with Crippen LogP contribution in [0, 0.1) is 0 Å². The molecular formula is C12H23N3O2. The van der Waals surface area contributed by atoms with E-state index in [9.17, 15) is 4.79 Å². The van der Waals surface area contributed by atoms with Gasteiger partial charge in [-0.05, 0) is 38.9 Å². The van der Waals surface area contributed by atoms with Gasteiger partial charge in [-0.3, -0.25) is 4.79 Å². The van der Waals surface area contributed by atoms with Gasteiger partial charge in [0.15, 0.2) is 0 Å². The van der Waals surface area contributed by atoms with Gasteiger partial charge in [0, 0.05) is 19.6 Å².